The first-order chi connectivity index (χ1) is 11.6. The predicted molar refractivity (Wildman–Crippen MR) is 96.3 cm³/mol. The van der Waals surface area contributed by atoms with E-state index in [1.165, 1.54) is 10.4 Å². The van der Waals surface area contributed by atoms with Gasteiger partial charge in [0.2, 0.25) is 0 Å². The molecule has 1 amide bonds. The van der Waals surface area contributed by atoms with Gasteiger partial charge in [0.25, 0.3) is 5.91 Å². The summed E-state index contributed by atoms with van der Waals surface area (Å²) in [5, 5.41) is 0. The van der Waals surface area contributed by atoms with E-state index in [-0.39, 0.29) is 5.91 Å². The summed E-state index contributed by atoms with van der Waals surface area (Å²) in [6, 6.07) is 7.91. The number of fused-ring (bicyclic) bond motifs is 1. The molecule has 0 unspecified atom stereocenters. The van der Waals surface area contributed by atoms with Gasteiger partial charge in [-0.1, -0.05) is 19.4 Å². The number of carbonyl (C=O) groups excluding carboxylic acids is 1. The standard InChI is InChI=1S/C19H23NO3S/c1-4-5-15-11-18(24-13(15)2)19(21)20(3)12-14-6-7-16-17(10-14)23-9-8-22-16/h6-7,10-11H,4-5,8-9,12H2,1-3H3. The molecule has 0 radical (unpaired) electrons. The Labute approximate surface area is 147 Å². The van der Waals surface area contributed by atoms with E-state index < -0.39 is 0 Å². The van der Waals surface area contributed by atoms with Gasteiger partial charge in [-0.25, -0.2) is 0 Å². The lowest BCUT2D eigenvalue weighted by Gasteiger charge is -2.21. The van der Waals surface area contributed by atoms with E-state index in [0.29, 0.717) is 19.8 Å². The van der Waals surface area contributed by atoms with Crippen molar-refractivity contribution >= 4 is 17.2 Å². The number of hydrogen-bond donors (Lipinski definition) is 0. The molecular formula is C19H23NO3S. The van der Waals surface area contributed by atoms with Crippen LogP contribution in [0.3, 0.4) is 0 Å². The summed E-state index contributed by atoms with van der Waals surface area (Å²) in [7, 11) is 1.84. The van der Waals surface area contributed by atoms with E-state index in [1.54, 1.807) is 16.2 Å². The summed E-state index contributed by atoms with van der Waals surface area (Å²) in [5.41, 5.74) is 2.33. The summed E-state index contributed by atoms with van der Waals surface area (Å²) < 4.78 is 11.1. The molecule has 24 heavy (non-hydrogen) atoms. The Morgan fingerprint density at radius 3 is 2.71 bits per heavy atom. The molecule has 4 nitrogen and oxygen atoms in total. The highest BCUT2D eigenvalue weighted by Crippen LogP contribution is 2.31. The SMILES string of the molecule is CCCc1cc(C(=O)N(C)Cc2ccc3c(c2)OCCO3)sc1C. The van der Waals surface area contributed by atoms with Crippen molar-refractivity contribution in [3.8, 4) is 11.5 Å². The Morgan fingerprint density at radius 1 is 1.21 bits per heavy atom. The number of hydrogen-bond acceptors (Lipinski definition) is 4. The highest BCUT2D eigenvalue weighted by Gasteiger charge is 2.18. The van der Waals surface area contributed by atoms with Crippen molar-refractivity contribution in [2.24, 2.45) is 0 Å². The van der Waals surface area contributed by atoms with Crippen molar-refractivity contribution < 1.29 is 14.3 Å². The third-order valence-corrected chi connectivity index (χ3v) is 5.20. The average Bonchev–Trinajstić information content (AvgIpc) is 2.95. The van der Waals surface area contributed by atoms with Gasteiger partial charge in [0, 0.05) is 18.5 Å². The van der Waals surface area contributed by atoms with Crippen LogP contribution >= 0.6 is 11.3 Å². The molecule has 2 heterocycles. The Bertz CT molecular complexity index is 738. The van der Waals surface area contributed by atoms with Crippen LogP contribution in [0.2, 0.25) is 0 Å². The zero-order chi connectivity index (χ0) is 17.1. The van der Waals surface area contributed by atoms with E-state index in [4.69, 9.17) is 9.47 Å². The normalized spacial score (nSPS) is 13.0. The van der Waals surface area contributed by atoms with E-state index in [0.717, 1.165) is 34.8 Å². The Kier molecular flexibility index (Phi) is 5.09. The Balaban J connectivity index is 1.71. The molecule has 0 saturated carbocycles. The average molecular weight is 345 g/mol. The fraction of sp³-hybridized carbons (Fsp3) is 0.421. The van der Waals surface area contributed by atoms with E-state index in [9.17, 15) is 4.79 Å². The van der Waals surface area contributed by atoms with Gasteiger partial charge in [-0.15, -0.1) is 11.3 Å². The third-order valence-electron chi connectivity index (χ3n) is 4.12. The topological polar surface area (TPSA) is 38.8 Å². The molecule has 3 rings (SSSR count). The van der Waals surface area contributed by atoms with Crippen LogP contribution in [-0.2, 0) is 13.0 Å². The molecule has 0 saturated heterocycles. The molecule has 2 aromatic rings. The molecule has 0 spiro atoms. The Morgan fingerprint density at radius 2 is 1.96 bits per heavy atom. The summed E-state index contributed by atoms with van der Waals surface area (Å²) in [6.45, 7) is 5.96. The van der Waals surface area contributed by atoms with Gasteiger partial charge < -0.3 is 14.4 Å². The largest absolute Gasteiger partial charge is 0.486 e. The summed E-state index contributed by atoms with van der Waals surface area (Å²) in [4.78, 5) is 16.5. The second-order valence-corrected chi connectivity index (χ2v) is 7.34. The molecule has 0 aliphatic carbocycles. The lowest BCUT2D eigenvalue weighted by Crippen LogP contribution is -2.25. The molecule has 5 heteroatoms. The van der Waals surface area contributed by atoms with Gasteiger partial charge >= 0.3 is 0 Å². The zero-order valence-electron chi connectivity index (χ0n) is 14.4. The lowest BCUT2D eigenvalue weighted by atomic mass is 10.1. The maximum absolute atomic E-state index is 12.7. The maximum atomic E-state index is 12.7. The van der Waals surface area contributed by atoms with Crippen molar-refractivity contribution in [3.05, 3.63) is 45.1 Å². The number of thiophene rings is 1. The minimum Gasteiger partial charge on any atom is -0.486 e. The van der Waals surface area contributed by atoms with Gasteiger partial charge in [0.15, 0.2) is 11.5 Å². The molecule has 128 valence electrons. The summed E-state index contributed by atoms with van der Waals surface area (Å²) >= 11 is 1.59. The van der Waals surface area contributed by atoms with E-state index in [2.05, 4.69) is 13.8 Å². The van der Waals surface area contributed by atoms with Gasteiger partial charge in [0.1, 0.15) is 13.2 Å². The number of carbonyl (C=O) groups is 1. The summed E-state index contributed by atoms with van der Waals surface area (Å²) in [5.74, 6) is 1.61. The van der Waals surface area contributed by atoms with Crippen LogP contribution in [0.25, 0.3) is 0 Å². The Hall–Kier alpha value is -2.01. The quantitative estimate of drug-likeness (QED) is 0.820. The molecule has 0 fully saturated rings. The highest BCUT2D eigenvalue weighted by atomic mass is 32.1. The molecule has 0 bridgehead atoms. The minimum atomic E-state index is 0.0698. The van der Waals surface area contributed by atoms with Crippen molar-refractivity contribution in [1.29, 1.82) is 0 Å². The second-order valence-electron chi connectivity index (χ2n) is 6.08. The van der Waals surface area contributed by atoms with Gasteiger partial charge in [-0.3, -0.25) is 4.79 Å². The van der Waals surface area contributed by atoms with Crippen LogP contribution in [0.5, 0.6) is 11.5 Å². The third kappa shape index (κ3) is 3.56. The number of benzene rings is 1. The molecule has 0 N–H and O–H groups in total. The predicted octanol–water partition coefficient (Wildman–Crippen LogP) is 4.05. The smallest absolute Gasteiger partial charge is 0.263 e. The zero-order valence-corrected chi connectivity index (χ0v) is 15.2. The van der Waals surface area contributed by atoms with Crippen LogP contribution in [0.4, 0.5) is 0 Å². The minimum absolute atomic E-state index is 0.0698. The summed E-state index contributed by atoms with van der Waals surface area (Å²) in [6.07, 6.45) is 2.12. The molecule has 1 aromatic carbocycles. The number of ether oxygens (including phenoxy) is 2. The molecular weight excluding hydrogens is 322 g/mol. The number of nitrogens with zero attached hydrogens (tertiary/aromatic N) is 1. The lowest BCUT2D eigenvalue weighted by molar-refractivity contribution is 0.0789. The van der Waals surface area contributed by atoms with Crippen LogP contribution in [0.15, 0.2) is 24.3 Å². The van der Waals surface area contributed by atoms with E-state index in [1.807, 2.05) is 31.3 Å². The fourth-order valence-corrected chi connectivity index (χ4v) is 3.93. The van der Waals surface area contributed by atoms with Crippen LogP contribution in [-0.4, -0.2) is 31.1 Å². The highest BCUT2D eigenvalue weighted by molar-refractivity contribution is 7.14. The van der Waals surface area contributed by atoms with Crippen LogP contribution < -0.4 is 9.47 Å². The first kappa shape index (κ1) is 16.8. The van der Waals surface area contributed by atoms with Crippen LogP contribution in [0.1, 0.15) is 39.0 Å². The fourth-order valence-electron chi connectivity index (χ4n) is 2.86. The first-order valence-corrected chi connectivity index (χ1v) is 9.13. The first-order valence-electron chi connectivity index (χ1n) is 8.31. The molecule has 1 aliphatic rings. The van der Waals surface area contributed by atoms with Crippen molar-refractivity contribution in [3.63, 3.8) is 0 Å². The molecule has 1 aliphatic heterocycles. The number of aryl methyl sites for hydroxylation is 2. The van der Waals surface area contributed by atoms with Gasteiger partial charge in [0.05, 0.1) is 4.88 Å². The molecule has 1 aromatic heterocycles. The van der Waals surface area contributed by atoms with Crippen molar-refractivity contribution in [2.45, 2.75) is 33.2 Å². The van der Waals surface area contributed by atoms with Gasteiger partial charge in [-0.05, 0) is 42.7 Å². The maximum Gasteiger partial charge on any atom is 0.263 e. The second kappa shape index (κ2) is 7.26. The number of rotatable bonds is 5. The van der Waals surface area contributed by atoms with Crippen molar-refractivity contribution in [2.75, 3.05) is 20.3 Å². The van der Waals surface area contributed by atoms with Gasteiger partial charge in [-0.2, -0.15) is 0 Å². The molecule has 0 atom stereocenters. The van der Waals surface area contributed by atoms with Crippen LogP contribution in [0, 0.1) is 6.92 Å². The van der Waals surface area contributed by atoms with Crippen molar-refractivity contribution in [1.82, 2.24) is 4.90 Å². The van der Waals surface area contributed by atoms with E-state index >= 15 is 0 Å². The monoisotopic (exact) mass is 345 g/mol. The number of amides is 1.